The van der Waals surface area contributed by atoms with E-state index in [4.69, 9.17) is 9.84 Å². The standard InChI is InChI=1S/C14H21NO3/c1-11(2)6-7-15-8-9-18-13-5-3-4-12(10-13)14(16)17/h3-5,10-11,15H,6-9H2,1-2H3,(H,16,17). The predicted molar refractivity (Wildman–Crippen MR) is 71.2 cm³/mol. The third kappa shape index (κ3) is 5.68. The minimum atomic E-state index is -0.935. The molecule has 0 saturated heterocycles. The molecule has 4 heteroatoms. The molecule has 4 nitrogen and oxygen atoms in total. The van der Waals surface area contributed by atoms with Crippen molar-refractivity contribution < 1.29 is 14.6 Å². The molecule has 0 radical (unpaired) electrons. The molecule has 0 aliphatic carbocycles. The topological polar surface area (TPSA) is 58.6 Å². The van der Waals surface area contributed by atoms with Crippen LogP contribution in [0.3, 0.4) is 0 Å². The molecule has 18 heavy (non-hydrogen) atoms. The maximum atomic E-state index is 10.8. The molecule has 0 heterocycles. The van der Waals surface area contributed by atoms with Crippen molar-refractivity contribution in [3.63, 3.8) is 0 Å². The summed E-state index contributed by atoms with van der Waals surface area (Å²) in [5, 5.41) is 12.1. The van der Waals surface area contributed by atoms with Gasteiger partial charge in [-0.1, -0.05) is 19.9 Å². The number of hydrogen-bond acceptors (Lipinski definition) is 3. The number of ether oxygens (including phenoxy) is 1. The Hall–Kier alpha value is -1.55. The number of carboxylic acid groups (broad SMARTS) is 1. The van der Waals surface area contributed by atoms with Crippen LogP contribution in [0.25, 0.3) is 0 Å². The van der Waals surface area contributed by atoms with E-state index < -0.39 is 5.97 Å². The van der Waals surface area contributed by atoms with Gasteiger partial charge >= 0.3 is 5.97 Å². The fourth-order valence-corrected chi connectivity index (χ4v) is 1.48. The Balaban J connectivity index is 2.23. The van der Waals surface area contributed by atoms with Crippen molar-refractivity contribution in [2.75, 3.05) is 19.7 Å². The van der Waals surface area contributed by atoms with Crippen molar-refractivity contribution in [2.24, 2.45) is 5.92 Å². The predicted octanol–water partition coefficient (Wildman–Crippen LogP) is 2.40. The van der Waals surface area contributed by atoms with Gasteiger partial charge in [-0.2, -0.15) is 0 Å². The molecule has 0 bridgehead atoms. The van der Waals surface area contributed by atoms with Gasteiger partial charge in [-0.25, -0.2) is 4.79 Å². The lowest BCUT2D eigenvalue weighted by Crippen LogP contribution is -2.23. The molecule has 0 unspecified atom stereocenters. The van der Waals surface area contributed by atoms with Crippen LogP contribution < -0.4 is 10.1 Å². The maximum absolute atomic E-state index is 10.8. The molecule has 0 atom stereocenters. The third-order valence-corrected chi connectivity index (χ3v) is 2.53. The molecule has 2 N–H and O–H groups in total. The molecule has 0 spiro atoms. The van der Waals surface area contributed by atoms with Gasteiger partial charge in [-0.15, -0.1) is 0 Å². The SMILES string of the molecule is CC(C)CCNCCOc1cccc(C(=O)O)c1. The molecule has 100 valence electrons. The van der Waals surface area contributed by atoms with E-state index in [9.17, 15) is 4.79 Å². The Kier molecular flexibility index (Phi) is 6.22. The summed E-state index contributed by atoms with van der Waals surface area (Å²) in [6, 6.07) is 6.54. The molecular weight excluding hydrogens is 230 g/mol. The van der Waals surface area contributed by atoms with E-state index in [1.165, 1.54) is 6.07 Å². The van der Waals surface area contributed by atoms with Gasteiger partial charge in [-0.05, 0) is 37.1 Å². The van der Waals surface area contributed by atoms with Crippen molar-refractivity contribution in [2.45, 2.75) is 20.3 Å². The number of carbonyl (C=O) groups is 1. The zero-order valence-corrected chi connectivity index (χ0v) is 11.0. The van der Waals surface area contributed by atoms with E-state index in [1.54, 1.807) is 18.2 Å². The molecule has 0 saturated carbocycles. The number of hydrogen-bond donors (Lipinski definition) is 2. The summed E-state index contributed by atoms with van der Waals surface area (Å²) in [7, 11) is 0. The highest BCUT2D eigenvalue weighted by molar-refractivity contribution is 5.87. The molecule has 0 aliphatic heterocycles. The first-order valence-corrected chi connectivity index (χ1v) is 6.26. The van der Waals surface area contributed by atoms with Crippen LogP contribution in [0.1, 0.15) is 30.6 Å². The molecule has 0 amide bonds. The van der Waals surface area contributed by atoms with Crippen LogP contribution in [-0.2, 0) is 0 Å². The van der Waals surface area contributed by atoms with Crippen molar-refractivity contribution in [3.8, 4) is 5.75 Å². The van der Waals surface area contributed by atoms with Gasteiger partial charge in [0.2, 0.25) is 0 Å². The monoisotopic (exact) mass is 251 g/mol. The van der Waals surface area contributed by atoms with E-state index >= 15 is 0 Å². The lowest BCUT2D eigenvalue weighted by molar-refractivity contribution is 0.0696. The van der Waals surface area contributed by atoms with Gasteiger partial charge in [0.15, 0.2) is 0 Å². The van der Waals surface area contributed by atoms with Crippen LogP contribution in [0, 0.1) is 5.92 Å². The van der Waals surface area contributed by atoms with E-state index in [1.807, 2.05) is 0 Å². The number of rotatable bonds is 8. The van der Waals surface area contributed by atoms with Crippen LogP contribution in [0.5, 0.6) is 5.75 Å². The Labute approximate surface area is 108 Å². The van der Waals surface area contributed by atoms with E-state index in [2.05, 4.69) is 19.2 Å². The largest absolute Gasteiger partial charge is 0.492 e. The molecule has 1 aromatic rings. The van der Waals surface area contributed by atoms with Gasteiger partial charge in [0.25, 0.3) is 0 Å². The summed E-state index contributed by atoms with van der Waals surface area (Å²) in [6.45, 7) is 6.67. The minimum absolute atomic E-state index is 0.250. The lowest BCUT2D eigenvalue weighted by atomic mass is 10.1. The maximum Gasteiger partial charge on any atom is 0.335 e. The first kappa shape index (κ1) is 14.5. The van der Waals surface area contributed by atoms with Gasteiger partial charge < -0.3 is 15.2 Å². The highest BCUT2D eigenvalue weighted by Crippen LogP contribution is 2.12. The quantitative estimate of drug-likeness (QED) is 0.697. The second-order valence-electron chi connectivity index (χ2n) is 4.61. The summed E-state index contributed by atoms with van der Waals surface area (Å²) < 4.78 is 5.48. The minimum Gasteiger partial charge on any atom is -0.492 e. The van der Waals surface area contributed by atoms with E-state index in [0.29, 0.717) is 18.3 Å². The highest BCUT2D eigenvalue weighted by atomic mass is 16.5. The second-order valence-corrected chi connectivity index (χ2v) is 4.61. The van der Waals surface area contributed by atoms with Crippen LogP contribution in [-0.4, -0.2) is 30.8 Å². The average molecular weight is 251 g/mol. The highest BCUT2D eigenvalue weighted by Gasteiger charge is 2.03. The van der Waals surface area contributed by atoms with Gasteiger partial charge in [0.05, 0.1) is 5.56 Å². The van der Waals surface area contributed by atoms with Gasteiger partial charge in [0, 0.05) is 6.54 Å². The molecule has 0 aliphatic rings. The summed E-state index contributed by atoms with van der Waals surface area (Å²) >= 11 is 0. The summed E-state index contributed by atoms with van der Waals surface area (Å²) in [5.41, 5.74) is 0.250. The smallest absolute Gasteiger partial charge is 0.335 e. The van der Waals surface area contributed by atoms with Crippen LogP contribution in [0.15, 0.2) is 24.3 Å². The third-order valence-electron chi connectivity index (χ3n) is 2.53. The van der Waals surface area contributed by atoms with Crippen molar-refractivity contribution in [1.82, 2.24) is 5.32 Å². The summed E-state index contributed by atoms with van der Waals surface area (Å²) in [4.78, 5) is 10.8. The average Bonchev–Trinajstić information content (AvgIpc) is 2.33. The Morgan fingerprint density at radius 2 is 2.17 bits per heavy atom. The van der Waals surface area contributed by atoms with Crippen molar-refractivity contribution in [1.29, 1.82) is 0 Å². The number of aromatic carboxylic acids is 1. The Morgan fingerprint density at radius 3 is 2.83 bits per heavy atom. The van der Waals surface area contributed by atoms with Crippen LogP contribution in [0.2, 0.25) is 0 Å². The fourth-order valence-electron chi connectivity index (χ4n) is 1.48. The Morgan fingerprint density at radius 1 is 1.39 bits per heavy atom. The Bertz CT molecular complexity index is 377. The normalized spacial score (nSPS) is 10.6. The van der Waals surface area contributed by atoms with Crippen LogP contribution >= 0.6 is 0 Å². The summed E-state index contributed by atoms with van der Waals surface area (Å²) in [6.07, 6.45) is 1.15. The molecule has 1 aromatic carbocycles. The lowest BCUT2D eigenvalue weighted by Gasteiger charge is -2.09. The van der Waals surface area contributed by atoms with Crippen molar-refractivity contribution in [3.05, 3.63) is 29.8 Å². The second kappa shape index (κ2) is 7.71. The van der Waals surface area contributed by atoms with Gasteiger partial charge in [-0.3, -0.25) is 0 Å². The van der Waals surface area contributed by atoms with Crippen LogP contribution in [0.4, 0.5) is 0 Å². The zero-order chi connectivity index (χ0) is 13.4. The zero-order valence-electron chi connectivity index (χ0n) is 11.0. The van der Waals surface area contributed by atoms with Gasteiger partial charge in [0.1, 0.15) is 12.4 Å². The number of nitrogens with one attached hydrogen (secondary N) is 1. The summed E-state index contributed by atoms with van der Waals surface area (Å²) in [5.74, 6) is 0.363. The molecule has 1 rings (SSSR count). The fraction of sp³-hybridized carbons (Fsp3) is 0.500. The van der Waals surface area contributed by atoms with Crippen molar-refractivity contribution >= 4 is 5.97 Å². The molecule has 0 fully saturated rings. The first-order chi connectivity index (χ1) is 8.59. The van der Waals surface area contributed by atoms with E-state index in [0.717, 1.165) is 19.5 Å². The number of carboxylic acids is 1. The van der Waals surface area contributed by atoms with E-state index in [-0.39, 0.29) is 5.56 Å². The first-order valence-electron chi connectivity index (χ1n) is 6.26. The number of benzene rings is 1. The molecular formula is C14H21NO3. The molecule has 0 aromatic heterocycles.